The number of esters is 2. The Kier molecular flexibility index (Phi) is 3.83. The van der Waals surface area contributed by atoms with Gasteiger partial charge in [0, 0.05) is 12.1 Å². The molecule has 0 aliphatic carbocycles. The van der Waals surface area contributed by atoms with Crippen molar-refractivity contribution in [3.8, 4) is 0 Å². The number of ether oxygens (including phenoxy) is 2. The molecule has 2 rings (SSSR count). The first-order chi connectivity index (χ1) is 9.48. The molecule has 1 atom stereocenters. The zero-order valence-electron chi connectivity index (χ0n) is 13.9. The Hall–Kier alpha value is -1.14. The Labute approximate surface area is 126 Å². The first-order valence-electron chi connectivity index (χ1n) is 7.44. The maximum atomic E-state index is 12.7. The van der Waals surface area contributed by atoms with Gasteiger partial charge in [-0.3, -0.25) is 0 Å². The molecular weight excluding hydrogens is 272 g/mol. The standard InChI is InChI=1S/C15H26N2O4/c1-13(2,3)17-10-20-11(18)15(8-7-9-16(15)17)12(19)21-14(4,5)6/h7-10H2,1-6H3/t15-/m0/s1. The molecule has 21 heavy (non-hydrogen) atoms. The summed E-state index contributed by atoms with van der Waals surface area (Å²) < 4.78 is 10.8. The number of nitrogens with zero attached hydrogens (tertiary/aromatic N) is 2. The molecule has 0 saturated carbocycles. The predicted molar refractivity (Wildman–Crippen MR) is 77.1 cm³/mol. The van der Waals surface area contributed by atoms with Crippen molar-refractivity contribution in [3.63, 3.8) is 0 Å². The van der Waals surface area contributed by atoms with Crippen LogP contribution in [0.1, 0.15) is 54.4 Å². The normalized spacial score (nSPS) is 28.2. The van der Waals surface area contributed by atoms with Gasteiger partial charge in [-0.2, -0.15) is 5.01 Å². The number of rotatable bonds is 1. The van der Waals surface area contributed by atoms with Gasteiger partial charge in [-0.15, -0.1) is 0 Å². The van der Waals surface area contributed by atoms with Gasteiger partial charge in [0.25, 0.3) is 0 Å². The van der Waals surface area contributed by atoms with E-state index >= 15 is 0 Å². The van der Waals surface area contributed by atoms with Gasteiger partial charge in [-0.05, 0) is 54.4 Å². The summed E-state index contributed by atoms with van der Waals surface area (Å²) in [4.78, 5) is 25.1. The third kappa shape index (κ3) is 2.79. The van der Waals surface area contributed by atoms with Gasteiger partial charge in [0.1, 0.15) is 5.60 Å². The number of cyclic esters (lactones) is 1. The summed E-state index contributed by atoms with van der Waals surface area (Å²) in [5.74, 6) is -0.999. The molecule has 0 spiro atoms. The van der Waals surface area contributed by atoms with Crippen LogP contribution in [0, 0.1) is 0 Å². The molecule has 0 aromatic rings. The molecule has 0 unspecified atom stereocenters. The summed E-state index contributed by atoms with van der Waals surface area (Å²) >= 11 is 0. The third-order valence-corrected chi connectivity index (χ3v) is 3.81. The first kappa shape index (κ1) is 16.2. The van der Waals surface area contributed by atoms with Crippen LogP contribution in [0.4, 0.5) is 0 Å². The topological polar surface area (TPSA) is 59.1 Å². The summed E-state index contributed by atoms with van der Waals surface area (Å²) in [6, 6.07) is 0. The molecule has 0 aromatic carbocycles. The number of carbonyl (C=O) groups excluding carboxylic acids is 2. The Morgan fingerprint density at radius 3 is 2.38 bits per heavy atom. The van der Waals surface area contributed by atoms with E-state index in [0.717, 1.165) is 6.42 Å². The van der Waals surface area contributed by atoms with Gasteiger partial charge in [-0.25, -0.2) is 14.6 Å². The van der Waals surface area contributed by atoms with Crippen LogP contribution in [0.25, 0.3) is 0 Å². The molecule has 6 heteroatoms. The molecule has 0 bridgehead atoms. The highest BCUT2D eigenvalue weighted by Crippen LogP contribution is 2.39. The van der Waals surface area contributed by atoms with E-state index in [4.69, 9.17) is 9.47 Å². The number of hydrogen-bond acceptors (Lipinski definition) is 6. The molecular formula is C15H26N2O4. The second kappa shape index (κ2) is 4.95. The Balaban J connectivity index is 2.37. The van der Waals surface area contributed by atoms with E-state index < -0.39 is 23.1 Å². The molecule has 2 heterocycles. The lowest BCUT2D eigenvalue weighted by atomic mass is 9.95. The quantitative estimate of drug-likeness (QED) is 0.542. The number of fused-ring (bicyclic) bond motifs is 1. The predicted octanol–water partition coefficient (Wildman–Crippen LogP) is 1.69. The van der Waals surface area contributed by atoms with Gasteiger partial charge in [0.2, 0.25) is 5.54 Å². The van der Waals surface area contributed by atoms with E-state index in [9.17, 15) is 9.59 Å². The molecule has 0 N–H and O–H groups in total. The first-order valence-corrected chi connectivity index (χ1v) is 7.44. The number of hydrazine groups is 1. The van der Waals surface area contributed by atoms with Crippen LogP contribution in [-0.2, 0) is 19.1 Å². The van der Waals surface area contributed by atoms with E-state index in [-0.39, 0.29) is 12.3 Å². The van der Waals surface area contributed by atoms with Crippen LogP contribution in [0.15, 0.2) is 0 Å². The lowest BCUT2D eigenvalue weighted by Crippen LogP contribution is -2.71. The number of carbonyl (C=O) groups is 2. The van der Waals surface area contributed by atoms with Crippen molar-refractivity contribution in [2.75, 3.05) is 13.3 Å². The molecule has 120 valence electrons. The number of hydrogen-bond donors (Lipinski definition) is 0. The van der Waals surface area contributed by atoms with Gasteiger partial charge >= 0.3 is 11.9 Å². The van der Waals surface area contributed by atoms with Crippen molar-refractivity contribution in [2.24, 2.45) is 0 Å². The largest absolute Gasteiger partial charge is 0.458 e. The van der Waals surface area contributed by atoms with Crippen LogP contribution in [-0.4, -0.2) is 51.9 Å². The zero-order chi connectivity index (χ0) is 16.1. The highest BCUT2D eigenvalue weighted by molar-refractivity contribution is 6.05. The summed E-state index contributed by atoms with van der Waals surface area (Å²) in [5, 5.41) is 3.80. The fraction of sp³-hybridized carbons (Fsp3) is 0.867. The second-order valence-electron chi connectivity index (χ2n) is 7.72. The summed E-state index contributed by atoms with van der Waals surface area (Å²) in [6.45, 7) is 12.3. The Bertz CT molecular complexity index is 450. The van der Waals surface area contributed by atoms with Gasteiger partial charge in [-0.1, -0.05) is 0 Å². The minimum absolute atomic E-state index is 0.173. The fourth-order valence-corrected chi connectivity index (χ4v) is 2.86. The van der Waals surface area contributed by atoms with Crippen molar-refractivity contribution < 1.29 is 19.1 Å². The van der Waals surface area contributed by atoms with Crippen LogP contribution < -0.4 is 0 Å². The van der Waals surface area contributed by atoms with Gasteiger partial charge in [0.05, 0.1) is 0 Å². The minimum Gasteiger partial charge on any atom is -0.458 e. The minimum atomic E-state index is -1.32. The SMILES string of the molecule is CC(C)(C)OC(=O)[C@@]12CCCN1N(C(C)(C)C)COC2=O. The Morgan fingerprint density at radius 1 is 1.24 bits per heavy atom. The van der Waals surface area contributed by atoms with Crippen LogP contribution in [0.5, 0.6) is 0 Å². The molecule has 0 radical (unpaired) electrons. The van der Waals surface area contributed by atoms with E-state index in [1.54, 1.807) is 20.8 Å². The van der Waals surface area contributed by atoms with Crippen LogP contribution in [0.3, 0.4) is 0 Å². The van der Waals surface area contributed by atoms with E-state index in [0.29, 0.717) is 13.0 Å². The maximum Gasteiger partial charge on any atom is 0.341 e. The van der Waals surface area contributed by atoms with Crippen LogP contribution >= 0.6 is 0 Å². The Morgan fingerprint density at radius 2 is 1.86 bits per heavy atom. The lowest BCUT2D eigenvalue weighted by molar-refractivity contribution is -0.243. The van der Waals surface area contributed by atoms with Crippen molar-refractivity contribution >= 4 is 11.9 Å². The third-order valence-electron chi connectivity index (χ3n) is 3.81. The average Bonchev–Trinajstić information content (AvgIpc) is 2.71. The molecule has 0 amide bonds. The summed E-state index contributed by atoms with van der Waals surface area (Å²) in [6.07, 6.45) is 1.20. The van der Waals surface area contributed by atoms with E-state index in [1.807, 2.05) is 30.8 Å². The molecule has 0 aromatic heterocycles. The van der Waals surface area contributed by atoms with Crippen molar-refractivity contribution in [1.82, 2.24) is 10.0 Å². The average molecular weight is 298 g/mol. The summed E-state index contributed by atoms with van der Waals surface area (Å²) in [7, 11) is 0. The van der Waals surface area contributed by atoms with E-state index in [2.05, 4.69) is 0 Å². The molecule has 6 nitrogen and oxygen atoms in total. The van der Waals surface area contributed by atoms with Gasteiger partial charge < -0.3 is 9.47 Å². The second-order valence-corrected chi connectivity index (χ2v) is 7.72. The monoisotopic (exact) mass is 298 g/mol. The van der Waals surface area contributed by atoms with Gasteiger partial charge in [0.15, 0.2) is 6.73 Å². The van der Waals surface area contributed by atoms with Crippen molar-refractivity contribution in [3.05, 3.63) is 0 Å². The molecule has 2 aliphatic rings. The van der Waals surface area contributed by atoms with Crippen molar-refractivity contribution in [2.45, 2.75) is 71.1 Å². The summed E-state index contributed by atoms with van der Waals surface area (Å²) in [5.41, 5.74) is -2.19. The highest BCUT2D eigenvalue weighted by Gasteiger charge is 2.62. The van der Waals surface area contributed by atoms with Crippen LogP contribution in [0.2, 0.25) is 0 Å². The zero-order valence-corrected chi connectivity index (χ0v) is 13.9. The maximum absolute atomic E-state index is 12.7. The lowest BCUT2D eigenvalue weighted by Gasteiger charge is -2.50. The fourth-order valence-electron chi connectivity index (χ4n) is 2.86. The molecule has 2 aliphatic heterocycles. The smallest absolute Gasteiger partial charge is 0.341 e. The van der Waals surface area contributed by atoms with E-state index in [1.165, 1.54) is 0 Å². The highest BCUT2D eigenvalue weighted by atomic mass is 16.6. The van der Waals surface area contributed by atoms with Crippen molar-refractivity contribution in [1.29, 1.82) is 0 Å². The molecule has 2 fully saturated rings. The molecule has 2 saturated heterocycles.